The van der Waals surface area contributed by atoms with Crippen molar-refractivity contribution in [1.29, 1.82) is 0 Å². The lowest BCUT2D eigenvalue weighted by Crippen LogP contribution is -2.29. The van der Waals surface area contributed by atoms with Gasteiger partial charge in [-0.3, -0.25) is 9.10 Å². The number of thiophene rings is 1. The zero-order chi connectivity index (χ0) is 26.7. The lowest BCUT2D eigenvalue weighted by atomic mass is 9.96. The van der Waals surface area contributed by atoms with Gasteiger partial charge in [0.2, 0.25) is 5.88 Å². The lowest BCUT2D eigenvalue weighted by molar-refractivity contribution is -0.137. The van der Waals surface area contributed by atoms with Crippen LogP contribution in [0.5, 0.6) is 11.6 Å². The summed E-state index contributed by atoms with van der Waals surface area (Å²) in [5, 5.41) is 9.17. The van der Waals surface area contributed by atoms with Gasteiger partial charge < -0.3 is 14.6 Å². The molecule has 3 heterocycles. The van der Waals surface area contributed by atoms with Crippen LogP contribution in [0.3, 0.4) is 0 Å². The Morgan fingerprint density at radius 3 is 2.63 bits per heavy atom. The van der Waals surface area contributed by atoms with Crippen LogP contribution in [0.15, 0.2) is 83.2 Å². The number of aromatic nitrogens is 1. The maximum atomic E-state index is 13.7. The smallest absolute Gasteiger partial charge is 0.303 e. The second kappa shape index (κ2) is 10.8. The third-order valence-electron chi connectivity index (χ3n) is 6.41. The van der Waals surface area contributed by atoms with Crippen LogP contribution in [0.1, 0.15) is 29.9 Å². The Morgan fingerprint density at radius 2 is 1.92 bits per heavy atom. The Hall–Kier alpha value is -3.89. The van der Waals surface area contributed by atoms with E-state index in [4.69, 9.17) is 14.6 Å². The molecule has 1 unspecified atom stereocenters. The van der Waals surface area contributed by atoms with Gasteiger partial charge in [-0.15, -0.1) is 11.3 Å². The summed E-state index contributed by atoms with van der Waals surface area (Å²) in [7, 11) is -2.32. The summed E-state index contributed by atoms with van der Waals surface area (Å²) >= 11 is 1.17. The molecule has 5 rings (SSSR count). The minimum Gasteiger partial charge on any atom is -0.497 e. The Balaban J connectivity index is 1.35. The fourth-order valence-electron chi connectivity index (χ4n) is 4.45. The largest absolute Gasteiger partial charge is 0.497 e. The fraction of sp³-hybridized carbons (Fsp3) is 0.214. The number of anilines is 1. The third kappa shape index (κ3) is 5.36. The van der Waals surface area contributed by atoms with E-state index in [1.807, 2.05) is 36.4 Å². The Kier molecular flexibility index (Phi) is 7.35. The molecule has 0 radical (unpaired) electrons. The number of fused-ring (bicyclic) bond motifs is 1. The monoisotopic (exact) mass is 550 g/mol. The zero-order valence-corrected chi connectivity index (χ0v) is 22.2. The van der Waals surface area contributed by atoms with Crippen LogP contribution in [0.25, 0.3) is 10.4 Å². The molecular formula is C28H26N2O6S2. The number of ether oxygens (including phenoxy) is 2. The molecule has 0 aliphatic carbocycles. The minimum atomic E-state index is -3.86. The lowest BCUT2D eigenvalue weighted by Gasteiger charge is -2.19. The van der Waals surface area contributed by atoms with E-state index < -0.39 is 16.0 Å². The van der Waals surface area contributed by atoms with Crippen LogP contribution in [0, 0.1) is 0 Å². The van der Waals surface area contributed by atoms with Crippen LogP contribution in [-0.2, 0) is 21.4 Å². The molecule has 0 spiro atoms. The Labute approximate surface area is 225 Å². The van der Waals surface area contributed by atoms with Gasteiger partial charge in [-0.2, -0.15) is 0 Å². The number of aliphatic carboxylic acids is 1. The summed E-state index contributed by atoms with van der Waals surface area (Å²) in [5.74, 6) is -0.0641. The quantitative estimate of drug-likeness (QED) is 0.276. The second-order valence-corrected chi connectivity index (χ2v) is 12.0. The highest BCUT2D eigenvalue weighted by molar-refractivity contribution is 7.94. The van der Waals surface area contributed by atoms with E-state index in [2.05, 4.69) is 4.98 Å². The van der Waals surface area contributed by atoms with E-state index in [0.29, 0.717) is 30.3 Å². The van der Waals surface area contributed by atoms with E-state index in [9.17, 15) is 13.2 Å². The number of carboxylic acid groups (broad SMARTS) is 1. The summed E-state index contributed by atoms with van der Waals surface area (Å²) in [6.07, 6.45) is 1.96. The standard InChI is InChI=1S/C28H26N2O6S2/c1-35-22-9-10-24-23(15-22)21(8-13-27(31)32)17-30(24)38(33,34)28-14-11-25(37-28)20-7-12-26(29-16-20)36-18-19-5-3-2-4-6-19/h2-7,9-12,14-16,21H,8,13,17-18H2,1H3,(H,31,32). The van der Waals surface area contributed by atoms with Crippen molar-refractivity contribution in [3.63, 3.8) is 0 Å². The van der Waals surface area contributed by atoms with Gasteiger partial charge in [0.05, 0.1) is 12.8 Å². The number of rotatable bonds is 10. The highest BCUT2D eigenvalue weighted by Gasteiger charge is 2.37. The summed E-state index contributed by atoms with van der Waals surface area (Å²) in [4.78, 5) is 16.3. The van der Waals surface area contributed by atoms with Crippen LogP contribution in [0.4, 0.5) is 5.69 Å². The number of carbonyl (C=O) groups is 1. The van der Waals surface area contributed by atoms with E-state index in [1.54, 1.807) is 49.7 Å². The minimum absolute atomic E-state index is 0.0452. The molecule has 0 saturated heterocycles. The van der Waals surface area contributed by atoms with Crippen molar-refractivity contribution in [1.82, 2.24) is 4.98 Å². The molecule has 0 saturated carbocycles. The number of carboxylic acids is 1. The SMILES string of the molecule is COc1ccc2c(c1)C(CCC(=O)O)CN2S(=O)(=O)c1ccc(-c2ccc(OCc3ccccc3)nc2)s1. The number of hydrogen-bond acceptors (Lipinski definition) is 7. The van der Waals surface area contributed by atoms with Crippen molar-refractivity contribution in [3.05, 3.63) is 90.1 Å². The van der Waals surface area contributed by atoms with Gasteiger partial charge in [-0.25, -0.2) is 13.4 Å². The molecule has 1 aliphatic heterocycles. The molecule has 0 amide bonds. The van der Waals surface area contributed by atoms with Gasteiger partial charge in [-0.05, 0) is 53.9 Å². The number of sulfonamides is 1. The number of benzene rings is 2. The molecule has 4 aromatic rings. The molecule has 1 N–H and O–H groups in total. The van der Waals surface area contributed by atoms with Crippen molar-refractivity contribution >= 4 is 33.0 Å². The zero-order valence-electron chi connectivity index (χ0n) is 20.6. The molecule has 196 valence electrons. The maximum absolute atomic E-state index is 13.7. The van der Waals surface area contributed by atoms with E-state index in [-0.39, 0.29) is 23.1 Å². The molecule has 0 bridgehead atoms. The average Bonchev–Trinajstić information content (AvgIpc) is 3.58. The predicted molar refractivity (Wildman–Crippen MR) is 145 cm³/mol. The first kappa shape index (κ1) is 25.7. The van der Waals surface area contributed by atoms with Crippen molar-refractivity contribution in [2.24, 2.45) is 0 Å². The van der Waals surface area contributed by atoms with Crippen LogP contribution >= 0.6 is 11.3 Å². The van der Waals surface area contributed by atoms with E-state index in [1.165, 1.54) is 15.6 Å². The number of nitrogens with zero attached hydrogens (tertiary/aromatic N) is 2. The van der Waals surface area contributed by atoms with Crippen LogP contribution in [0.2, 0.25) is 0 Å². The molecule has 2 aromatic carbocycles. The number of pyridine rings is 1. The fourth-order valence-corrected chi connectivity index (χ4v) is 7.39. The second-order valence-electron chi connectivity index (χ2n) is 8.87. The van der Waals surface area contributed by atoms with E-state index >= 15 is 0 Å². The van der Waals surface area contributed by atoms with Gasteiger partial charge in [0, 0.05) is 41.6 Å². The molecule has 1 aliphatic rings. The maximum Gasteiger partial charge on any atom is 0.303 e. The molecule has 1 atom stereocenters. The van der Waals surface area contributed by atoms with Gasteiger partial charge in [0.15, 0.2) is 0 Å². The van der Waals surface area contributed by atoms with Crippen molar-refractivity contribution < 1.29 is 27.8 Å². The molecule has 2 aromatic heterocycles. The molecule has 8 nitrogen and oxygen atoms in total. The summed E-state index contributed by atoms with van der Waals surface area (Å²) in [5.41, 5.74) is 3.16. The van der Waals surface area contributed by atoms with Gasteiger partial charge in [0.1, 0.15) is 16.6 Å². The average molecular weight is 551 g/mol. The van der Waals surface area contributed by atoms with Crippen LogP contribution < -0.4 is 13.8 Å². The normalized spacial score (nSPS) is 14.8. The summed E-state index contributed by atoms with van der Waals surface area (Å²) in [6, 6.07) is 22.0. The first-order valence-electron chi connectivity index (χ1n) is 12.0. The predicted octanol–water partition coefficient (Wildman–Crippen LogP) is 5.56. The van der Waals surface area contributed by atoms with E-state index in [0.717, 1.165) is 21.6 Å². The number of methoxy groups -OCH3 is 1. The summed E-state index contributed by atoms with van der Waals surface area (Å²) in [6.45, 7) is 0.589. The van der Waals surface area contributed by atoms with Gasteiger partial charge >= 0.3 is 5.97 Å². The Bertz CT molecular complexity index is 1540. The highest BCUT2D eigenvalue weighted by atomic mass is 32.2. The van der Waals surface area contributed by atoms with Crippen molar-refractivity contribution in [2.75, 3.05) is 18.0 Å². The van der Waals surface area contributed by atoms with Gasteiger partial charge in [0.25, 0.3) is 10.0 Å². The third-order valence-corrected chi connectivity index (χ3v) is 9.79. The summed E-state index contributed by atoms with van der Waals surface area (Å²) < 4.78 is 40.1. The van der Waals surface area contributed by atoms with Crippen LogP contribution in [-0.4, -0.2) is 38.1 Å². The topological polar surface area (TPSA) is 106 Å². The molecule has 38 heavy (non-hydrogen) atoms. The molecule has 10 heteroatoms. The van der Waals surface area contributed by atoms with Crippen molar-refractivity contribution in [2.45, 2.75) is 29.6 Å². The number of hydrogen-bond donors (Lipinski definition) is 1. The first-order chi connectivity index (χ1) is 18.3. The first-order valence-corrected chi connectivity index (χ1v) is 14.3. The molecule has 0 fully saturated rings. The van der Waals surface area contributed by atoms with Crippen molar-refractivity contribution in [3.8, 4) is 22.1 Å². The van der Waals surface area contributed by atoms with Gasteiger partial charge in [-0.1, -0.05) is 30.3 Å². The highest BCUT2D eigenvalue weighted by Crippen LogP contribution is 2.44. The molecular weight excluding hydrogens is 524 g/mol. The Morgan fingerprint density at radius 1 is 1.11 bits per heavy atom.